The first-order chi connectivity index (χ1) is 4.70. The fourth-order valence-corrected chi connectivity index (χ4v) is 0.991. The third-order valence-electron chi connectivity index (χ3n) is 1.19. The number of aromatic hydroxyl groups is 1. The van der Waals surface area contributed by atoms with Crippen LogP contribution in [0.1, 0.15) is 10.1 Å². The van der Waals surface area contributed by atoms with Gasteiger partial charge in [-0.3, -0.25) is 0 Å². The maximum atomic E-state index is 8.89. The zero-order valence-corrected chi connectivity index (χ0v) is 7.02. The summed E-state index contributed by atoms with van der Waals surface area (Å²) >= 11 is 8.21. The van der Waals surface area contributed by atoms with E-state index in [1.807, 2.05) is 0 Å². The van der Waals surface area contributed by atoms with Gasteiger partial charge in [-0.2, -0.15) is 25.3 Å². The van der Waals surface area contributed by atoms with E-state index in [9.17, 15) is 0 Å². The van der Waals surface area contributed by atoms with E-state index in [0.29, 0.717) is 0 Å². The number of phenolic OH excluding ortho intramolecular Hbond substituents is 1. The molecule has 0 aliphatic heterocycles. The fraction of sp³-hybridized carbons (Fsp3) is 0.143. The first-order valence-corrected chi connectivity index (χ1v) is 3.88. The second kappa shape index (κ2) is 3.21. The molecule has 0 bridgehead atoms. The molecule has 54 valence electrons. The zero-order valence-electron chi connectivity index (χ0n) is 5.23. The summed E-state index contributed by atoms with van der Waals surface area (Å²) in [5.41, 5.74) is 0.990. The van der Waals surface area contributed by atoms with Crippen molar-refractivity contribution in [2.24, 2.45) is 0 Å². The molecule has 0 atom stereocenters. The van der Waals surface area contributed by atoms with Crippen molar-refractivity contribution in [1.29, 1.82) is 0 Å². The number of benzene rings is 1. The molecule has 0 radical (unpaired) electrons. The third kappa shape index (κ3) is 1.85. The molecule has 0 saturated carbocycles. The molecule has 1 nitrogen and oxygen atoms in total. The Hall–Kier alpha value is -0.280. The molecule has 0 aliphatic carbocycles. The SMILES string of the molecule is Oc1ccc(C(S)S)cc1. The van der Waals surface area contributed by atoms with Crippen LogP contribution in [0.25, 0.3) is 0 Å². The molecular weight excluding hydrogens is 164 g/mol. The highest BCUT2D eigenvalue weighted by atomic mass is 32.2. The van der Waals surface area contributed by atoms with E-state index in [0.717, 1.165) is 5.56 Å². The van der Waals surface area contributed by atoms with Crippen LogP contribution in [0.2, 0.25) is 0 Å². The summed E-state index contributed by atoms with van der Waals surface area (Å²) in [5, 5.41) is 8.89. The van der Waals surface area contributed by atoms with E-state index in [1.54, 1.807) is 24.3 Å². The van der Waals surface area contributed by atoms with Crippen molar-refractivity contribution >= 4 is 25.3 Å². The summed E-state index contributed by atoms with van der Waals surface area (Å²) < 4.78 is -0.0689. The van der Waals surface area contributed by atoms with Crippen LogP contribution in [-0.2, 0) is 0 Å². The van der Waals surface area contributed by atoms with Crippen LogP contribution in [0, 0.1) is 0 Å². The Morgan fingerprint density at radius 2 is 1.60 bits per heavy atom. The second-order valence-electron chi connectivity index (χ2n) is 1.97. The topological polar surface area (TPSA) is 20.2 Å². The molecule has 0 fully saturated rings. The number of phenols is 1. The number of hydrogen-bond donors (Lipinski definition) is 3. The van der Waals surface area contributed by atoms with Gasteiger partial charge in [0.15, 0.2) is 0 Å². The van der Waals surface area contributed by atoms with Gasteiger partial charge >= 0.3 is 0 Å². The summed E-state index contributed by atoms with van der Waals surface area (Å²) in [6, 6.07) is 6.82. The minimum Gasteiger partial charge on any atom is -0.508 e. The Balaban J connectivity index is 2.89. The van der Waals surface area contributed by atoms with E-state index < -0.39 is 0 Å². The van der Waals surface area contributed by atoms with Crippen LogP contribution >= 0.6 is 25.3 Å². The van der Waals surface area contributed by atoms with Crippen LogP contribution in [0.4, 0.5) is 0 Å². The van der Waals surface area contributed by atoms with Crippen molar-refractivity contribution in [2.45, 2.75) is 4.58 Å². The second-order valence-corrected chi connectivity index (χ2v) is 3.41. The van der Waals surface area contributed by atoms with Gasteiger partial charge < -0.3 is 5.11 Å². The van der Waals surface area contributed by atoms with Gasteiger partial charge in [-0.1, -0.05) is 12.1 Å². The third-order valence-corrected chi connectivity index (χ3v) is 1.79. The molecule has 0 saturated heterocycles. The molecule has 10 heavy (non-hydrogen) atoms. The van der Waals surface area contributed by atoms with Crippen molar-refractivity contribution in [3.8, 4) is 5.75 Å². The zero-order chi connectivity index (χ0) is 7.56. The molecule has 0 unspecified atom stereocenters. The summed E-state index contributed by atoms with van der Waals surface area (Å²) in [6.07, 6.45) is 0. The van der Waals surface area contributed by atoms with Gasteiger partial charge in [0.05, 0.1) is 4.58 Å². The number of rotatable bonds is 1. The monoisotopic (exact) mass is 172 g/mol. The van der Waals surface area contributed by atoms with Crippen molar-refractivity contribution in [3.05, 3.63) is 29.8 Å². The van der Waals surface area contributed by atoms with Crippen LogP contribution in [0.3, 0.4) is 0 Å². The normalized spacial score (nSPS) is 10.3. The van der Waals surface area contributed by atoms with Gasteiger partial charge in [0.25, 0.3) is 0 Å². The molecule has 0 spiro atoms. The number of thiol groups is 2. The van der Waals surface area contributed by atoms with Gasteiger partial charge in [0, 0.05) is 0 Å². The summed E-state index contributed by atoms with van der Waals surface area (Å²) in [6.45, 7) is 0. The molecule has 1 aromatic carbocycles. The summed E-state index contributed by atoms with van der Waals surface area (Å²) in [7, 11) is 0. The largest absolute Gasteiger partial charge is 0.508 e. The average molecular weight is 172 g/mol. The highest BCUT2D eigenvalue weighted by Crippen LogP contribution is 2.24. The Morgan fingerprint density at radius 1 is 1.10 bits per heavy atom. The van der Waals surface area contributed by atoms with Crippen LogP contribution in [-0.4, -0.2) is 5.11 Å². The summed E-state index contributed by atoms with van der Waals surface area (Å²) in [5.74, 6) is 0.270. The van der Waals surface area contributed by atoms with E-state index in [1.165, 1.54) is 0 Å². The molecule has 0 aliphatic rings. The van der Waals surface area contributed by atoms with Crippen LogP contribution in [0.5, 0.6) is 5.75 Å². The molecule has 0 heterocycles. The van der Waals surface area contributed by atoms with Crippen molar-refractivity contribution in [2.75, 3.05) is 0 Å². The molecule has 3 heteroatoms. The minimum absolute atomic E-state index is 0.0689. The van der Waals surface area contributed by atoms with E-state index in [2.05, 4.69) is 25.3 Å². The number of hydrogen-bond acceptors (Lipinski definition) is 3. The lowest BCUT2D eigenvalue weighted by Gasteiger charge is -2.01. The van der Waals surface area contributed by atoms with Gasteiger partial charge in [-0.05, 0) is 17.7 Å². The van der Waals surface area contributed by atoms with E-state index in [-0.39, 0.29) is 10.3 Å². The van der Waals surface area contributed by atoms with Crippen molar-refractivity contribution in [3.63, 3.8) is 0 Å². The lowest BCUT2D eigenvalue weighted by atomic mass is 10.2. The summed E-state index contributed by atoms with van der Waals surface area (Å²) in [4.78, 5) is 0. The van der Waals surface area contributed by atoms with Gasteiger partial charge in [0.1, 0.15) is 5.75 Å². The van der Waals surface area contributed by atoms with Gasteiger partial charge in [-0.25, -0.2) is 0 Å². The standard InChI is InChI=1S/C7H8OS2/c8-6-3-1-5(2-4-6)7(9)10/h1-4,7-10H. The van der Waals surface area contributed by atoms with E-state index >= 15 is 0 Å². The Bertz CT molecular complexity index is 205. The Morgan fingerprint density at radius 3 is 2.00 bits per heavy atom. The Kier molecular flexibility index (Phi) is 2.51. The maximum absolute atomic E-state index is 8.89. The molecule has 0 aromatic heterocycles. The smallest absolute Gasteiger partial charge is 0.115 e. The van der Waals surface area contributed by atoms with Gasteiger partial charge in [-0.15, -0.1) is 0 Å². The molecular formula is C7H8OS2. The lowest BCUT2D eigenvalue weighted by molar-refractivity contribution is 0.475. The molecule has 1 rings (SSSR count). The predicted octanol–water partition coefficient (Wildman–Crippen LogP) is 2.25. The highest BCUT2D eigenvalue weighted by molar-refractivity contribution is 7.98. The quantitative estimate of drug-likeness (QED) is 0.438. The van der Waals surface area contributed by atoms with Gasteiger partial charge in [0.2, 0.25) is 0 Å². The van der Waals surface area contributed by atoms with Crippen LogP contribution in [0.15, 0.2) is 24.3 Å². The fourth-order valence-electron chi connectivity index (χ4n) is 0.646. The van der Waals surface area contributed by atoms with Crippen LogP contribution < -0.4 is 0 Å². The lowest BCUT2D eigenvalue weighted by Crippen LogP contribution is -1.78. The first-order valence-electron chi connectivity index (χ1n) is 2.85. The van der Waals surface area contributed by atoms with E-state index in [4.69, 9.17) is 5.11 Å². The average Bonchev–Trinajstić information content (AvgIpc) is 1.88. The highest BCUT2D eigenvalue weighted by Gasteiger charge is 1.97. The predicted molar refractivity (Wildman–Crippen MR) is 48.8 cm³/mol. The Labute approximate surface area is 70.9 Å². The molecule has 1 N–H and O–H groups in total. The maximum Gasteiger partial charge on any atom is 0.115 e. The molecule has 1 aromatic rings. The minimum atomic E-state index is -0.0689. The first kappa shape index (κ1) is 7.82. The van der Waals surface area contributed by atoms with Crippen molar-refractivity contribution < 1.29 is 5.11 Å². The van der Waals surface area contributed by atoms with Crippen molar-refractivity contribution in [1.82, 2.24) is 0 Å². The molecule has 0 amide bonds.